The van der Waals surface area contributed by atoms with Crippen molar-refractivity contribution in [2.75, 3.05) is 6.54 Å². The molecule has 0 spiro atoms. The average molecular weight is 435 g/mol. The summed E-state index contributed by atoms with van der Waals surface area (Å²) in [7, 11) is 0. The standard InChI is InChI=1S/C23H28Cl2N2O2/c1-15(2)13-26-23(29)17(4)27(14-19-8-6-5-7-16(19)3)22(28)11-18-9-10-20(24)12-21(18)25/h5-10,12,15,17H,11,13-14H2,1-4H3,(H,26,29)/t17-/m1/s1. The fourth-order valence-corrected chi connectivity index (χ4v) is 3.41. The molecule has 156 valence electrons. The lowest BCUT2D eigenvalue weighted by Gasteiger charge is -2.29. The third-order valence-electron chi connectivity index (χ3n) is 4.81. The summed E-state index contributed by atoms with van der Waals surface area (Å²) in [6.07, 6.45) is 0.101. The van der Waals surface area contributed by atoms with E-state index < -0.39 is 6.04 Å². The van der Waals surface area contributed by atoms with Crippen LogP contribution in [-0.4, -0.2) is 29.3 Å². The molecule has 0 aromatic heterocycles. The van der Waals surface area contributed by atoms with Crippen molar-refractivity contribution in [3.05, 3.63) is 69.2 Å². The van der Waals surface area contributed by atoms with Crippen LogP contribution in [0.3, 0.4) is 0 Å². The molecule has 0 heterocycles. The van der Waals surface area contributed by atoms with Gasteiger partial charge in [-0.05, 0) is 48.6 Å². The molecule has 0 saturated carbocycles. The molecule has 0 aliphatic rings. The Hall–Kier alpha value is -2.04. The lowest BCUT2D eigenvalue weighted by molar-refractivity contribution is -0.140. The minimum Gasteiger partial charge on any atom is -0.354 e. The molecule has 2 rings (SSSR count). The lowest BCUT2D eigenvalue weighted by atomic mass is 10.1. The number of nitrogens with one attached hydrogen (secondary N) is 1. The third-order valence-corrected chi connectivity index (χ3v) is 5.40. The lowest BCUT2D eigenvalue weighted by Crippen LogP contribution is -2.48. The zero-order chi connectivity index (χ0) is 21.6. The predicted molar refractivity (Wildman–Crippen MR) is 119 cm³/mol. The Kier molecular flexibility index (Phi) is 8.54. The third kappa shape index (κ3) is 6.76. The van der Waals surface area contributed by atoms with Crippen molar-refractivity contribution < 1.29 is 9.59 Å². The van der Waals surface area contributed by atoms with E-state index >= 15 is 0 Å². The topological polar surface area (TPSA) is 49.4 Å². The number of aryl methyl sites for hydroxylation is 1. The highest BCUT2D eigenvalue weighted by molar-refractivity contribution is 6.35. The van der Waals surface area contributed by atoms with Crippen LogP contribution in [0.25, 0.3) is 0 Å². The number of carbonyl (C=O) groups excluding carboxylic acids is 2. The number of nitrogens with zero attached hydrogens (tertiary/aromatic N) is 1. The quantitative estimate of drug-likeness (QED) is 0.632. The summed E-state index contributed by atoms with van der Waals surface area (Å²) in [6, 6.07) is 12.3. The fraction of sp³-hybridized carbons (Fsp3) is 0.391. The van der Waals surface area contributed by atoms with Crippen molar-refractivity contribution in [1.29, 1.82) is 0 Å². The van der Waals surface area contributed by atoms with E-state index in [1.807, 2.05) is 45.0 Å². The van der Waals surface area contributed by atoms with Crippen molar-refractivity contribution >= 4 is 35.0 Å². The summed E-state index contributed by atoms with van der Waals surface area (Å²) in [4.78, 5) is 27.5. The van der Waals surface area contributed by atoms with Gasteiger partial charge in [-0.15, -0.1) is 0 Å². The number of halogens is 2. The molecular formula is C23H28Cl2N2O2. The molecule has 29 heavy (non-hydrogen) atoms. The maximum atomic E-state index is 13.2. The van der Waals surface area contributed by atoms with E-state index in [1.165, 1.54) is 0 Å². The van der Waals surface area contributed by atoms with Crippen LogP contribution >= 0.6 is 23.2 Å². The monoisotopic (exact) mass is 434 g/mol. The first-order valence-corrected chi connectivity index (χ1v) is 10.5. The first kappa shape index (κ1) is 23.2. The first-order valence-electron chi connectivity index (χ1n) is 9.74. The SMILES string of the molecule is Cc1ccccc1CN(C(=O)Cc1ccc(Cl)cc1Cl)[C@H](C)C(=O)NCC(C)C. The van der Waals surface area contributed by atoms with Crippen molar-refractivity contribution in [2.45, 2.75) is 46.7 Å². The van der Waals surface area contributed by atoms with E-state index in [2.05, 4.69) is 5.32 Å². The molecule has 0 aliphatic carbocycles. The maximum absolute atomic E-state index is 13.2. The molecule has 1 N–H and O–H groups in total. The molecule has 0 aliphatic heterocycles. The second kappa shape index (κ2) is 10.7. The number of amides is 2. The second-order valence-electron chi connectivity index (χ2n) is 7.68. The van der Waals surface area contributed by atoms with Gasteiger partial charge in [-0.3, -0.25) is 9.59 Å². The Morgan fingerprint density at radius 3 is 2.34 bits per heavy atom. The highest BCUT2D eigenvalue weighted by atomic mass is 35.5. The average Bonchev–Trinajstić information content (AvgIpc) is 2.67. The van der Waals surface area contributed by atoms with E-state index in [1.54, 1.807) is 30.0 Å². The summed E-state index contributed by atoms with van der Waals surface area (Å²) in [5.74, 6) is 0.00653. The molecule has 0 unspecified atom stereocenters. The van der Waals surface area contributed by atoms with Crippen LogP contribution in [0.15, 0.2) is 42.5 Å². The molecule has 2 aromatic carbocycles. The minimum atomic E-state index is -0.605. The predicted octanol–water partition coefficient (Wildman–Crippen LogP) is 5.03. The molecular weight excluding hydrogens is 407 g/mol. The van der Waals surface area contributed by atoms with Gasteiger partial charge >= 0.3 is 0 Å². The second-order valence-corrected chi connectivity index (χ2v) is 8.52. The maximum Gasteiger partial charge on any atom is 0.242 e. The van der Waals surface area contributed by atoms with Gasteiger partial charge < -0.3 is 10.2 Å². The van der Waals surface area contributed by atoms with Gasteiger partial charge in [0.1, 0.15) is 6.04 Å². The van der Waals surface area contributed by atoms with E-state index in [4.69, 9.17) is 23.2 Å². The van der Waals surface area contributed by atoms with Gasteiger partial charge in [-0.1, -0.05) is 67.4 Å². The van der Waals surface area contributed by atoms with Crippen LogP contribution in [0.4, 0.5) is 0 Å². The van der Waals surface area contributed by atoms with Gasteiger partial charge in [0.15, 0.2) is 0 Å². The molecule has 0 saturated heterocycles. The van der Waals surface area contributed by atoms with E-state index in [9.17, 15) is 9.59 Å². The molecule has 1 atom stereocenters. The smallest absolute Gasteiger partial charge is 0.242 e. The zero-order valence-corrected chi connectivity index (χ0v) is 18.8. The van der Waals surface area contributed by atoms with Crippen molar-refractivity contribution in [2.24, 2.45) is 5.92 Å². The molecule has 6 heteroatoms. The molecule has 2 aromatic rings. The van der Waals surface area contributed by atoms with Gasteiger partial charge in [0.25, 0.3) is 0 Å². The summed E-state index contributed by atoms with van der Waals surface area (Å²) in [5, 5.41) is 3.89. The summed E-state index contributed by atoms with van der Waals surface area (Å²) < 4.78 is 0. The van der Waals surface area contributed by atoms with Crippen molar-refractivity contribution in [3.8, 4) is 0 Å². The van der Waals surface area contributed by atoms with Crippen LogP contribution in [-0.2, 0) is 22.6 Å². The molecule has 0 bridgehead atoms. The van der Waals surface area contributed by atoms with E-state index in [0.717, 1.165) is 11.1 Å². The molecule has 0 radical (unpaired) electrons. The highest BCUT2D eigenvalue weighted by Gasteiger charge is 2.27. The number of hydrogen-bond donors (Lipinski definition) is 1. The normalized spacial score (nSPS) is 12.0. The fourth-order valence-electron chi connectivity index (χ4n) is 2.94. The summed E-state index contributed by atoms with van der Waals surface area (Å²) in [6.45, 7) is 8.74. The molecule has 2 amide bonds. The number of benzene rings is 2. The highest BCUT2D eigenvalue weighted by Crippen LogP contribution is 2.23. The molecule has 0 fully saturated rings. The summed E-state index contributed by atoms with van der Waals surface area (Å²) in [5.41, 5.74) is 2.77. The van der Waals surface area contributed by atoms with Gasteiger partial charge in [0, 0.05) is 23.1 Å². The molecule has 4 nitrogen and oxygen atoms in total. The van der Waals surface area contributed by atoms with Crippen LogP contribution in [0, 0.1) is 12.8 Å². The van der Waals surface area contributed by atoms with Crippen LogP contribution in [0.5, 0.6) is 0 Å². The minimum absolute atomic E-state index is 0.101. The largest absolute Gasteiger partial charge is 0.354 e. The zero-order valence-electron chi connectivity index (χ0n) is 17.3. The Morgan fingerprint density at radius 2 is 1.72 bits per heavy atom. The van der Waals surface area contributed by atoms with Crippen molar-refractivity contribution in [3.63, 3.8) is 0 Å². The van der Waals surface area contributed by atoms with Crippen LogP contribution in [0.2, 0.25) is 10.0 Å². The van der Waals surface area contributed by atoms with Gasteiger partial charge in [0.05, 0.1) is 6.42 Å². The Morgan fingerprint density at radius 1 is 1.03 bits per heavy atom. The van der Waals surface area contributed by atoms with Gasteiger partial charge in [0.2, 0.25) is 11.8 Å². The van der Waals surface area contributed by atoms with Crippen LogP contribution in [0.1, 0.15) is 37.5 Å². The summed E-state index contributed by atoms with van der Waals surface area (Å²) >= 11 is 12.2. The van der Waals surface area contributed by atoms with E-state index in [0.29, 0.717) is 34.6 Å². The van der Waals surface area contributed by atoms with E-state index in [-0.39, 0.29) is 18.2 Å². The number of carbonyl (C=O) groups is 2. The Bertz CT molecular complexity index is 868. The Balaban J connectivity index is 2.26. The number of rotatable bonds is 8. The van der Waals surface area contributed by atoms with Crippen molar-refractivity contribution in [1.82, 2.24) is 10.2 Å². The van der Waals surface area contributed by atoms with Gasteiger partial charge in [-0.25, -0.2) is 0 Å². The Labute approximate surface area is 183 Å². The van der Waals surface area contributed by atoms with Crippen LogP contribution < -0.4 is 5.32 Å². The first-order chi connectivity index (χ1) is 13.7. The van der Waals surface area contributed by atoms with Gasteiger partial charge in [-0.2, -0.15) is 0 Å². The number of hydrogen-bond acceptors (Lipinski definition) is 2.